The van der Waals surface area contributed by atoms with Crippen molar-refractivity contribution in [2.24, 2.45) is 5.29 Å². The Balaban J connectivity index is 4.80. The quantitative estimate of drug-likeness (QED) is 0.426. The van der Waals surface area contributed by atoms with Crippen LogP contribution < -0.4 is 0 Å². The molecule has 0 atom stereocenters. The van der Waals surface area contributed by atoms with E-state index in [1.54, 1.807) is 13.8 Å². The molecule has 0 aliphatic carbocycles. The molecule has 0 fully saturated rings. The van der Waals surface area contributed by atoms with Crippen LogP contribution in [0.5, 0.6) is 0 Å². The van der Waals surface area contributed by atoms with Gasteiger partial charge in [-0.15, -0.1) is 4.91 Å². The smallest absolute Gasteiger partial charge is 0.0523 e. The van der Waals surface area contributed by atoms with Crippen molar-refractivity contribution in [1.82, 2.24) is 5.01 Å². The van der Waals surface area contributed by atoms with E-state index in [9.17, 15) is 4.91 Å². The molecule has 0 unspecified atom stereocenters. The van der Waals surface area contributed by atoms with Crippen LogP contribution in [0.25, 0.3) is 0 Å². The topological polar surface area (TPSA) is 32.7 Å². The van der Waals surface area contributed by atoms with Gasteiger partial charge in [-0.1, -0.05) is 26.7 Å². The fourth-order valence-electron chi connectivity index (χ4n) is 0.549. The van der Waals surface area contributed by atoms with Gasteiger partial charge in [-0.3, -0.25) is 5.01 Å². The standard InChI is InChI=1S/C8H18N2O/c1-3-5-7-10(9-11)8-6-4-2/h3-8H2,1-2H3/i7D2,8D2. The van der Waals surface area contributed by atoms with Crippen molar-refractivity contribution < 1.29 is 5.48 Å². The molecule has 0 spiro atoms. The van der Waals surface area contributed by atoms with E-state index in [0.717, 1.165) is 0 Å². The Bertz CT molecular complexity index is 193. The molecule has 0 aromatic heterocycles. The molecular formula is C8H18N2O. The molecule has 66 valence electrons. The van der Waals surface area contributed by atoms with Gasteiger partial charge in [-0.05, 0) is 12.8 Å². The maximum atomic E-state index is 10.5. The fraction of sp³-hybridized carbons (Fsp3) is 1.00. The summed E-state index contributed by atoms with van der Waals surface area (Å²) in [6.45, 7) is -0.489. The van der Waals surface area contributed by atoms with E-state index in [2.05, 4.69) is 5.29 Å². The largest absolute Gasteiger partial charge is 0.261 e. The lowest BCUT2D eigenvalue weighted by molar-refractivity contribution is 0.274. The summed E-state index contributed by atoms with van der Waals surface area (Å²) in [5, 5.41) is 2.91. The molecule has 3 nitrogen and oxygen atoms in total. The first-order valence-corrected chi connectivity index (χ1v) is 3.95. The number of rotatable bonds is 7. The van der Waals surface area contributed by atoms with Gasteiger partial charge in [0.1, 0.15) is 0 Å². The van der Waals surface area contributed by atoms with Crippen LogP contribution in [-0.4, -0.2) is 18.0 Å². The van der Waals surface area contributed by atoms with Crippen LogP contribution in [0.3, 0.4) is 0 Å². The molecule has 0 saturated carbocycles. The van der Waals surface area contributed by atoms with Crippen molar-refractivity contribution in [2.45, 2.75) is 39.5 Å². The van der Waals surface area contributed by atoms with Gasteiger partial charge in [0, 0.05) is 13.0 Å². The maximum absolute atomic E-state index is 10.5. The molecule has 0 rings (SSSR count). The highest BCUT2D eigenvalue weighted by Crippen LogP contribution is 1.98. The SMILES string of the molecule is [2H]C([2H])(CCC)N(N=O)C([2H])([2H])CCC. The molecule has 0 heterocycles. The first kappa shape index (κ1) is 5.12. The van der Waals surface area contributed by atoms with Crippen LogP contribution >= 0.6 is 0 Å². The second-order valence-electron chi connectivity index (χ2n) is 2.21. The van der Waals surface area contributed by atoms with Gasteiger partial charge in [-0.2, -0.15) is 0 Å². The van der Waals surface area contributed by atoms with E-state index in [1.165, 1.54) is 0 Å². The van der Waals surface area contributed by atoms with Gasteiger partial charge in [0.05, 0.1) is 10.8 Å². The predicted octanol–water partition coefficient (Wildman–Crippen LogP) is 2.57. The van der Waals surface area contributed by atoms with E-state index in [-0.39, 0.29) is 12.8 Å². The van der Waals surface area contributed by atoms with Crippen molar-refractivity contribution in [3.63, 3.8) is 0 Å². The molecule has 0 aliphatic heterocycles. The summed E-state index contributed by atoms with van der Waals surface area (Å²) in [5.41, 5.74) is 0. The van der Waals surface area contributed by atoms with Crippen LogP contribution in [0.2, 0.25) is 0 Å². The molecule has 11 heavy (non-hydrogen) atoms. The summed E-state index contributed by atoms with van der Waals surface area (Å²) < 4.78 is 30.3. The first-order valence-electron chi connectivity index (χ1n) is 5.95. The predicted molar refractivity (Wildman–Crippen MR) is 47.2 cm³/mol. The number of nitroso groups, excluding NO2 is 1. The molecule has 0 N–H and O–H groups in total. The lowest BCUT2D eigenvalue weighted by atomic mass is 10.3. The maximum Gasteiger partial charge on any atom is 0.0523 e. The van der Waals surface area contributed by atoms with Crippen LogP contribution in [0.15, 0.2) is 5.29 Å². The number of hydrogen-bond donors (Lipinski definition) is 0. The number of nitrogens with zero attached hydrogens (tertiary/aromatic N) is 2. The molecule has 3 heteroatoms. The zero-order valence-electron chi connectivity index (χ0n) is 11.1. The lowest BCUT2D eigenvalue weighted by Gasteiger charge is -2.13. The average molecular weight is 162 g/mol. The third kappa shape index (κ3) is 5.83. The van der Waals surface area contributed by atoms with Gasteiger partial charge >= 0.3 is 0 Å². The van der Waals surface area contributed by atoms with Crippen molar-refractivity contribution in [1.29, 1.82) is 0 Å². The molecule has 0 aromatic carbocycles. The second kappa shape index (κ2) is 7.51. The molecular weight excluding hydrogens is 140 g/mol. The van der Waals surface area contributed by atoms with Crippen molar-refractivity contribution in [3.05, 3.63) is 4.91 Å². The van der Waals surface area contributed by atoms with Crippen LogP contribution in [-0.2, 0) is 0 Å². The average Bonchev–Trinajstić information content (AvgIpc) is 2.02. The van der Waals surface area contributed by atoms with E-state index in [4.69, 9.17) is 5.48 Å². The minimum Gasteiger partial charge on any atom is -0.261 e. The van der Waals surface area contributed by atoms with E-state index in [0.29, 0.717) is 17.9 Å². The molecule has 0 aromatic rings. The minimum atomic E-state index is -2.02. The number of hydrogen-bond acceptors (Lipinski definition) is 2. The van der Waals surface area contributed by atoms with Gasteiger partial charge in [0.15, 0.2) is 0 Å². The molecule has 0 saturated heterocycles. The highest BCUT2D eigenvalue weighted by molar-refractivity contribution is 4.50. The van der Waals surface area contributed by atoms with Crippen molar-refractivity contribution in [2.75, 3.05) is 13.0 Å². The molecule has 0 amide bonds. The van der Waals surface area contributed by atoms with Crippen molar-refractivity contribution in [3.8, 4) is 0 Å². The zero-order chi connectivity index (χ0) is 12.1. The summed E-state index contributed by atoms with van der Waals surface area (Å²) in [7, 11) is 0. The van der Waals surface area contributed by atoms with Gasteiger partial charge < -0.3 is 0 Å². The van der Waals surface area contributed by atoms with E-state index < -0.39 is 13.0 Å². The molecule has 0 aliphatic rings. The Labute approximate surface area is 74.3 Å². The van der Waals surface area contributed by atoms with Gasteiger partial charge in [-0.25, -0.2) is 0 Å². The highest BCUT2D eigenvalue weighted by atomic mass is 16.3. The fourth-order valence-corrected chi connectivity index (χ4v) is 0.549. The summed E-state index contributed by atoms with van der Waals surface area (Å²) in [5.74, 6) is 0. The minimum absolute atomic E-state index is 0.0853. The zero-order valence-corrected chi connectivity index (χ0v) is 7.13. The van der Waals surface area contributed by atoms with Gasteiger partial charge in [0.25, 0.3) is 0 Å². The molecule has 0 radical (unpaired) electrons. The Morgan fingerprint density at radius 1 is 1.27 bits per heavy atom. The normalized spacial score (nSPS) is 17.6. The van der Waals surface area contributed by atoms with Crippen LogP contribution in [0.1, 0.15) is 45.0 Å². The first-order chi connectivity index (χ1) is 6.81. The Kier molecular flexibility index (Phi) is 3.49. The Morgan fingerprint density at radius 2 is 1.73 bits per heavy atom. The summed E-state index contributed by atoms with van der Waals surface area (Å²) in [4.78, 5) is 10.5. The van der Waals surface area contributed by atoms with E-state index >= 15 is 0 Å². The summed E-state index contributed by atoms with van der Waals surface area (Å²) in [6.07, 6.45) is 1.23. The third-order valence-corrected chi connectivity index (χ3v) is 1.10. The summed E-state index contributed by atoms with van der Waals surface area (Å²) in [6, 6.07) is 0. The highest BCUT2D eigenvalue weighted by Gasteiger charge is 1.99. The summed E-state index contributed by atoms with van der Waals surface area (Å²) >= 11 is 0. The monoisotopic (exact) mass is 162 g/mol. The Morgan fingerprint density at radius 3 is 2.00 bits per heavy atom. The third-order valence-electron chi connectivity index (χ3n) is 1.10. The van der Waals surface area contributed by atoms with Crippen molar-refractivity contribution >= 4 is 0 Å². The van der Waals surface area contributed by atoms with E-state index in [1.807, 2.05) is 0 Å². The second-order valence-corrected chi connectivity index (χ2v) is 2.21. The van der Waals surface area contributed by atoms with Gasteiger partial charge in [0.2, 0.25) is 0 Å². The molecule has 0 bridgehead atoms. The Hall–Kier alpha value is -0.600. The van der Waals surface area contributed by atoms with Crippen LogP contribution in [0.4, 0.5) is 0 Å². The van der Waals surface area contributed by atoms with Crippen LogP contribution in [0, 0.1) is 4.91 Å². The lowest BCUT2D eigenvalue weighted by Crippen LogP contribution is -2.18.